The molecule has 0 amide bonds. The zero-order valence-electron chi connectivity index (χ0n) is 12.1. The molecule has 1 aliphatic rings. The smallest absolute Gasteiger partial charge is 0.269 e. The zero-order valence-corrected chi connectivity index (χ0v) is 14.3. The van der Waals surface area contributed by atoms with Crippen molar-refractivity contribution < 1.29 is 9.84 Å². The van der Waals surface area contributed by atoms with Gasteiger partial charge in [0.1, 0.15) is 5.75 Å². The first-order chi connectivity index (χ1) is 11.0. The van der Waals surface area contributed by atoms with Crippen molar-refractivity contribution in [3.63, 3.8) is 0 Å². The standard InChI is InChI=1S/C16H14Cl3N2O2/c17-12-6-10(7-13(18)15(12)19)23-16-11(2-1-5-20-16)9-3-4-14(22)21-8-9/h3-4,6-8,11,16,20H,1-2,5H2. The molecule has 1 N–H and O–H groups in total. The predicted octanol–water partition coefficient (Wildman–Crippen LogP) is 5.06. The second kappa shape index (κ2) is 7.14. The molecule has 121 valence electrons. The molecule has 1 aromatic heterocycles. The van der Waals surface area contributed by atoms with Crippen LogP contribution >= 0.6 is 34.8 Å². The van der Waals surface area contributed by atoms with Crippen molar-refractivity contribution in [1.82, 2.24) is 10.3 Å². The quantitative estimate of drug-likeness (QED) is 0.766. The van der Waals surface area contributed by atoms with E-state index < -0.39 is 0 Å². The maximum atomic E-state index is 11.2. The summed E-state index contributed by atoms with van der Waals surface area (Å²) in [5.41, 5.74) is 0.966. The van der Waals surface area contributed by atoms with Crippen molar-refractivity contribution in [2.24, 2.45) is 0 Å². The van der Waals surface area contributed by atoms with Gasteiger partial charge in [0.05, 0.1) is 15.1 Å². The Labute approximate surface area is 149 Å². The zero-order chi connectivity index (χ0) is 16.4. The number of halogens is 3. The van der Waals surface area contributed by atoms with Crippen molar-refractivity contribution in [3.8, 4) is 11.6 Å². The van der Waals surface area contributed by atoms with E-state index in [-0.39, 0.29) is 18.0 Å². The fraction of sp³-hybridized carbons (Fsp3) is 0.312. The normalized spacial score (nSPS) is 21.2. The van der Waals surface area contributed by atoms with Gasteiger partial charge in [-0.15, -0.1) is 0 Å². The fourth-order valence-corrected chi connectivity index (χ4v) is 3.26. The van der Waals surface area contributed by atoms with Crippen molar-refractivity contribution in [1.29, 1.82) is 0 Å². The molecule has 2 atom stereocenters. The lowest BCUT2D eigenvalue weighted by Crippen LogP contribution is -2.44. The summed E-state index contributed by atoms with van der Waals surface area (Å²) in [4.78, 5) is 3.84. The van der Waals surface area contributed by atoms with E-state index in [1.165, 1.54) is 6.07 Å². The Morgan fingerprint density at radius 3 is 2.57 bits per heavy atom. The van der Waals surface area contributed by atoms with E-state index in [4.69, 9.17) is 39.5 Å². The number of aromatic nitrogens is 1. The molecule has 0 spiro atoms. The van der Waals surface area contributed by atoms with Crippen LogP contribution in [0, 0.1) is 0 Å². The van der Waals surface area contributed by atoms with Crippen LogP contribution in [0.2, 0.25) is 15.1 Å². The van der Waals surface area contributed by atoms with Crippen LogP contribution in [0.5, 0.6) is 11.6 Å². The Bertz CT molecular complexity index is 671. The number of hydrogen-bond acceptors (Lipinski definition) is 3. The van der Waals surface area contributed by atoms with Crippen molar-refractivity contribution in [2.75, 3.05) is 6.54 Å². The predicted molar refractivity (Wildman–Crippen MR) is 90.2 cm³/mol. The molecule has 4 nitrogen and oxygen atoms in total. The summed E-state index contributed by atoms with van der Waals surface area (Å²) in [6.07, 6.45) is 3.31. The molecule has 0 bridgehead atoms. The first kappa shape index (κ1) is 16.7. The SMILES string of the molecule is [O]c1ccc(C2CCCNC2Oc2cc(Cl)c(Cl)c(Cl)c2)cn1. The van der Waals surface area contributed by atoms with E-state index in [1.54, 1.807) is 24.4 Å². The lowest BCUT2D eigenvalue weighted by Gasteiger charge is -2.33. The third-order valence-corrected chi connectivity index (χ3v) is 5.01. The molecular formula is C16H14Cl3N2O2. The molecule has 1 fully saturated rings. The fourth-order valence-electron chi connectivity index (χ4n) is 2.68. The summed E-state index contributed by atoms with van der Waals surface area (Å²) in [6.45, 7) is 0.850. The maximum Gasteiger partial charge on any atom is 0.269 e. The third-order valence-electron chi connectivity index (χ3n) is 3.81. The summed E-state index contributed by atoms with van der Waals surface area (Å²) in [5, 5.41) is 15.5. The second-order valence-electron chi connectivity index (χ2n) is 5.37. The molecule has 1 radical (unpaired) electrons. The highest BCUT2D eigenvalue weighted by Gasteiger charge is 2.28. The molecule has 2 aromatic rings. The molecule has 1 saturated heterocycles. The summed E-state index contributed by atoms with van der Waals surface area (Å²) >= 11 is 18.1. The van der Waals surface area contributed by atoms with Crippen LogP contribution in [-0.2, 0) is 5.11 Å². The van der Waals surface area contributed by atoms with Crippen LogP contribution in [0.25, 0.3) is 0 Å². The van der Waals surface area contributed by atoms with Crippen molar-refractivity contribution in [3.05, 3.63) is 51.1 Å². The van der Waals surface area contributed by atoms with Crippen LogP contribution in [0.4, 0.5) is 0 Å². The van der Waals surface area contributed by atoms with E-state index >= 15 is 0 Å². The van der Waals surface area contributed by atoms with Gasteiger partial charge in [-0.05, 0) is 24.9 Å². The average Bonchev–Trinajstić information content (AvgIpc) is 2.54. The van der Waals surface area contributed by atoms with Gasteiger partial charge in [0, 0.05) is 30.3 Å². The Balaban J connectivity index is 1.83. The maximum absolute atomic E-state index is 11.2. The molecule has 7 heteroatoms. The van der Waals surface area contributed by atoms with E-state index in [0.717, 1.165) is 24.9 Å². The largest absolute Gasteiger partial charge is 0.475 e. The number of pyridine rings is 1. The van der Waals surface area contributed by atoms with Gasteiger partial charge in [-0.25, -0.2) is 4.98 Å². The summed E-state index contributed by atoms with van der Waals surface area (Å²) in [5.74, 6) is 0.388. The minimum atomic E-state index is -0.253. The highest BCUT2D eigenvalue weighted by atomic mass is 35.5. The highest BCUT2D eigenvalue weighted by Crippen LogP contribution is 2.36. The Kier molecular flexibility index (Phi) is 5.17. The second-order valence-corrected chi connectivity index (χ2v) is 6.56. The first-order valence-electron chi connectivity index (χ1n) is 7.22. The monoisotopic (exact) mass is 371 g/mol. The van der Waals surface area contributed by atoms with Gasteiger partial charge in [-0.1, -0.05) is 40.9 Å². The van der Waals surface area contributed by atoms with Crippen LogP contribution < -0.4 is 10.1 Å². The molecule has 2 unspecified atom stereocenters. The van der Waals surface area contributed by atoms with E-state index in [0.29, 0.717) is 20.8 Å². The minimum Gasteiger partial charge on any atom is -0.475 e. The van der Waals surface area contributed by atoms with Gasteiger partial charge in [-0.2, -0.15) is 0 Å². The number of piperidine rings is 1. The number of ether oxygens (including phenoxy) is 1. The van der Waals surface area contributed by atoms with E-state index in [1.807, 2.05) is 0 Å². The number of benzene rings is 1. The molecule has 0 saturated carbocycles. The van der Waals surface area contributed by atoms with Crippen molar-refractivity contribution in [2.45, 2.75) is 25.0 Å². The topological polar surface area (TPSA) is 54.0 Å². The van der Waals surface area contributed by atoms with Crippen molar-refractivity contribution >= 4 is 34.8 Å². The molecule has 1 aromatic carbocycles. The number of rotatable bonds is 3. The van der Waals surface area contributed by atoms with Gasteiger partial charge >= 0.3 is 0 Å². The van der Waals surface area contributed by atoms with Gasteiger partial charge in [0.25, 0.3) is 5.88 Å². The number of nitrogens with one attached hydrogen (secondary N) is 1. The Hall–Kier alpha value is -1.20. The molecule has 1 aliphatic heterocycles. The van der Waals surface area contributed by atoms with E-state index in [9.17, 15) is 5.11 Å². The van der Waals surface area contributed by atoms with Gasteiger partial charge in [0.15, 0.2) is 6.23 Å². The van der Waals surface area contributed by atoms with Crippen LogP contribution in [0.15, 0.2) is 30.5 Å². The molecule has 2 heterocycles. The summed E-state index contributed by atoms with van der Waals surface area (Å²) < 4.78 is 6.02. The van der Waals surface area contributed by atoms with Gasteiger partial charge < -0.3 is 4.74 Å². The number of nitrogens with zero attached hydrogens (tertiary/aromatic N) is 1. The number of hydrogen-bond donors (Lipinski definition) is 1. The summed E-state index contributed by atoms with van der Waals surface area (Å²) in [7, 11) is 0. The third kappa shape index (κ3) is 3.83. The van der Waals surface area contributed by atoms with Gasteiger partial charge in [0.2, 0.25) is 0 Å². The van der Waals surface area contributed by atoms with Crippen LogP contribution in [0.1, 0.15) is 24.3 Å². The Morgan fingerprint density at radius 1 is 1.17 bits per heavy atom. The average molecular weight is 373 g/mol. The highest BCUT2D eigenvalue weighted by molar-refractivity contribution is 6.48. The molecule has 3 rings (SSSR count). The minimum absolute atomic E-state index is 0.0880. The van der Waals surface area contributed by atoms with Crippen LogP contribution in [-0.4, -0.2) is 17.8 Å². The van der Waals surface area contributed by atoms with Crippen LogP contribution in [0.3, 0.4) is 0 Å². The van der Waals surface area contributed by atoms with E-state index in [2.05, 4.69) is 10.3 Å². The Morgan fingerprint density at radius 2 is 1.91 bits per heavy atom. The summed E-state index contributed by atoms with van der Waals surface area (Å²) in [6, 6.07) is 6.55. The lowest BCUT2D eigenvalue weighted by atomic mass is 9.91. The molecule has 0 aliphatic carbocycles. The lowest BCUT2D eigenvalue weighted by molar-refractivity contribution is 0.108. The van der Waals surface area contributed by atoms with Gasteiger partial charge in [-0.3, -0.25) is 10.4 Å². The molecular weight excluding hydrogens is 359 g/mol. The first-order valence-corrected chi connectivity index (χ1v) is 8.35. The molecule has 23 heavy (non-hydrogen) atoms.